The van der Waals surface area contributed by atoms with Crippen LogP contribution in [0.2, 0.25) is 5.02 Å². The second-order valence-electron chi connectivity index (χ2n) is 7.78. The van der Waals surface area contributed by atoms with E-state index in [0.29, 0.717) is 28.4 Å². The minimum absolute atomic E-state index is 0.263. The molecule has 2 fully saturated rings. The largest absolute Gasteiger partial charge is 0.354 e. The van der Waals surface area contributed by atoms with Crippen molar-refractivity contribution in [2.75, 3.05) is 23.3 Å². The molecule has 0 bridgehead atoms. The normalized spacial score (nSPS) is 19.1. The number of carbonyl (C=O) groups excluding carboxylic acids is 1. The van der Waals surface area contributed by atoms with Gasteiger partial charge in [0.1, 0.15) is 11.5 Å². The maximum absolute atomic E-state index is 12.6. The van der Waals surface area contributed by atoms with Gasteiger partial charge >= 0.3 is 0 Å². The molecule has 1 saturated heterocycles. The number of fused-ring (bicyclic) bond motifs is 1. The molecule has 0 unspecified atom stereocenters. The summed E-state index contributed by atoms with van der Waals surface area (Å²) in [6.45, 7) is 3.77. The number of carbonyl (C=O) groups is 1. The molecule has 2 aliphatic rings. The summed E-state index contributed by atoms with van der Waals surface area (Å²) in [5.74, 6) is 0.478. The quantitative estimate of drug-likeness (QED) is 0.671. The molecule has 9 heteroatoms. The summed E-state index contributed by atoms with van der Waals surface area (Å²) < 4.78 is 1.79. The highest BCUT2D eigenvalue weighted by atomic mass is 35.5. The lowest BCUT2D eigenvalue weighted by Crippen LogP contribution is -2.34. The Morgan fingerprint density at radius 3 is 2.79 bits per heavy atom. The number of hydrogen-bond donors (Lipinski definition) is 2. The summed E-state index contributed by atoms with van der Waals surface area (Å²) in [5, 5.41) is 6.96. The summed E-state index contributed by atoms with van der Waals surface area (Å²) >= 11 is 6.27. The van der Waals surface area contributed by atoms with E-state index in [-0.39, 0.29) is 11.6 Å². The molecule has 0 aromatic carbocycles. The number of rotatable bonds is 5. The van der Waals surface area contributed by atoms with Crippen molar-refractivity contribution in [2.45, 2.75) is 38.3 Å². The SMILES string of the molecule is Cc1cn2cc(NC(=O)c3cnc(N4CC[C@@H](NC5CC5)C4)cn3)cc(Cl)c2n1. The Morgan fingerprint density at radius 1 is 1.17 bits per heavy atom. The van der Waals surface area contributed by atoms with Crippen LogP contribution in [-0.2, 0) is 0 Å². The van der Waals surface area contributed by atoms with Crippen LogP contribution >= 0.6 is 11.6 Å². The zero-order valence-corrected chi connectivity index (χ0v) is 16.9. The molecule has 3 aromatic heterocycles. The molecule has 3 aromatic rings. The van der Waals surface area contributed by atoms with Gasteiger partial charge in [-0.1, -0.05) is 11.6 Å². The molecular weight excluding hydrogens is 390 g/mol. The van der Waals surface area contributed by atoms with E-state index in [1.54, 1.807) is 22.9 Å². The van der Waals surface area contributed by atoms with E-state index in [1.807, 2.05) is 13.1 Å². The van der Waals surface area contributed by atoms with Crippen LogP contribution in [0.3, 0.4) is 0 Å². The van der Waals surface area contributed by atoms with Crippen LogP contribution in [0, 0.1) is 6.92 Å². The van der Waals surface area contributed by atoms with Crippen molar-refractivity contribution < 1.29 is 4.79 Å². The van der Waals surface area contributed by atoms with Crippen LogP contribution in [-0.4, -0.2) is 50.4 Å². The van der Waals surface area contributed by atoms with Gasteiger partial charge in [-0.2, -0.15) is 0 Å². The van der Waals surface area contributed by atoms with Gasteiger partial charge in [0, 0.05) is 37.6 Å². The predicted molar refractivity (Wildman–Crippen MR) is 112 cm³/mol. The minimum Gasteiger partial charge on any atom is -0.354 e. The average Bonchev–Trinajstić information content (AvgIpc) is 3.24. The highest BCUT2D eigenvalue weighted by Gasteiger charge is 2.29. The highest BCUT2D eigenvalue weighted by Crippen LogP contribution is 2.24. The lowest BCUT2D eigenvalue weighted by atomic mass is 10.2. The topological polar surface area (TPSA) is 87.5 Å². The second-order valence-corrected chi connectivity index (χ2v) is 8.18. The Kier molecular flexibility index (Phi) is 4.60. The number of pyridine rings is 1. The molecule has 1 saturated carbocycles. The summed E-state index contributed by atoms with van der Waals surface area (Å²) in [6.07, 6.45) is 10.5. The standard InChI is InChI=1S/C20H22ClN7O/c1-12-9-28-11-15(6-16(21)19(28)24-12)26-20(29)17-7-23-18(8-22-17)27-5-4-14(10-27)25-13-2-3-13/h6-9,11,13-14,25H,2-5,10H2,1H3,(H,26,29)/t14-/m1/s1. The van der Waals surface area contributed by atoms with Gasteiger partial charge in [-0.15, -0.1) is 0 Å². The summed E-state index contributed by atoms with van der Waals surface area (Å²) in [7, 11) is 0. The molecular formula is C20H22ClN7O. The van der Waals surface area contributed by atoms with Crippen molar-refractivity contribution in [1.29, 1.82) is 0 Å². The van der Waals surface area contributed by atoms with Gasteiger partial charge in [0.2, 0.25) is 0 Å². The molecule has 2 N–H and O–H groups in total. The Hall–Kier alpha value is -2.71. The molecule has 4 heterocycles. The first-order chi connectivity index (χ1) is 14.0. The molecule has 1 amide bonds. The molecule has 1 atom stereocenters. The lowest BCUT2D eigenvalue weighted by molar-refractivity contribution is 0.102. The smallest absolute Gasteiger partial charge is 0.275 e. The third-order valence-corrected chi connectivity index (χ3v) is 5.59. The Morgan fingerprint density at radius 2 is 2.03 bits per heavy atom. The Bertz CT molecular complexity index is 1060. The maximum Gasteiger partial charge on any atom is 0.275 e. The molecule has 5 rings (SSSR count). The molecule has 1 aliphatic heterocycles. The number of imidazole rings is 1. The maximum atomic E-state index is 12.6. The number of aryl methyl sites for hydroxylation is 1. The molecule has 29 heavy (non-hydrogen) atoms. The number of halogens is 1. The molecule has 150 valence electrons. The van der Waals surface area contributed by atoms with Gasteiger partial charge in [-0.3, -0.25) is 4.79 Å². The molecule has 1 aliphatic carbocycles. The number of hydrogen-bond acceptors (Lipinski definition) is 6. The van der Waals surface area contributed by atoms with E-state index in [4.69, 9.17) is 11.6 Å². The van der Waals surface area contributed by atoms with E-state index in [0.717, 1.165) is 31.0 Å². The fourth-order valence-electron chi connectivity index (χ4n) is 3.73. The minimum atomic E-state index is -0.328. The molecule has 0 spiro atoms. The van der Waals surface area contributed by atoms with E-state index >= 15 is 0 Å². The zero-order valence-electron chi connectivity index (χ0n) is 16.1. The van der Waals surface area contributed by atoms with Gasteiger partial charge < -0.3 is 19.9 Å². The number of nitrogens with one attached hydrogen (secondary N) is 2. The van der Waals surface area contributed by atoms with Gasteiger partial charge in [0.15, 0.2) is 5.65 Å². The third kappa shape index (κ3) is 3.90. The fraction of sp³-hybridized carbons (Fsp3) is 0.400. The fourth-order valence-corrected chi connectivity index (χ4v) is 3.99. The van der Waals surface area contributed by atoms with Gasteiger partial charge in [-0.25, -0.2) is 15.0 Å². The van der Waals surface area contributed by atoms with Crippen molar-refractivity contribution in [3.63, 3.8) is 0 Å². The van der Waals surface area contributed by atoms with Crippen molar-refractivity contribution >= 4 is 34.7 Å². The van der Waals surface area contributed by atoms with Crippen molar-refractivity contribution in [3.05, 3.63) is 47.3 Å². The Balaban J connectivity index is 1.26. The predicted octanol–water partition coefficient (Wildman–Crippen LogP) is 2.67. The summed E-state index contributed by atoms with van der Waals surface area (Å²) in [5.41, 5.74) is 2.35. The van der Waals surface area contributed by atoms with E-state index < -0.39 is 0 Å². The lowest BCUT2D eigenvalue weighted by Gasteiger charge is -2.17. The summed E-state index contributed by atoms with van der Waals surface area (Å²) in [6, 6.07) is 2.90. The van der Waals surface area contributed by atoms with Crippen LogP contribution in [0.15, 0.2) is 30.9 Å². The first-order valence-corrected chi connectivity index (χ1v) is 10.2. The number of aromatic nitrogens is 4. The van der Waals surface area contributed by atoms with Gasteiger partial charge in [0.05, 0.1) is 28.8 Å². The third-order valence-electron chi connectivity index (χ3n) is 5.32. The van der Waals surface area contributed by atoms with Crippen LogP contribution in [0.25, 0.3) is 5.65 Å². The average molecular weight is 412 g/mol. The van der Waals surface area contributed by atoms with Crippen molar-refractivity contribution in [3.8, 4) is 0 Å². The number of anilines is 2. The first kappa shape index (κ1) is 18.3. The van der Waals surface area contributed by atoms with Crippen LogP contribution in [0.1, 0.15) is 35.4 Å². The molecule has 8 nitrogen and oxygen atoms in total. The van der Waals surface area contributed by atoms with Crippen LogP contribution in [0.4, 0.5) is 11.5 Å². The molecule has 0 radical (unpaired) electrons. The van der Waals surface area contributed by atoms with Gasteiger partial charge in [0.25, 0.3) is 5.91 Å². The Labute approximate surface area is 173 Å². The van der Waals surface area contributed by atoms with E-state index in [9.17, 15) is 4.79 Å². The number of nitrogens with zero attached hydrogens (tertiary/aromatic N) is 5. The van der Waals surface area contributed by atoms with Crippen LogP contribution in [0.5, 0.6) is 0 Å². The van der Waals surface area contributed by atoms with Crippen molar-refractivity contribution in [2.24, 2.45) is 0 Å². The van der Waals surface area contributed by atoms with E-state index in [2.05, 4.69) is 30.5 Å². The van der Waals surface area contributed by atoms with Gasteiger partial charge in [-0.05, 0) is 32.3 Å². The van der Waals surface area contributed by atoms with Crippen LogP contribution < -0.4 is 15.5 Å². The van der Waals surface area contributed by atoms with E-state index in [1.165, 1.54) is 19.0 Å². The zero-order chi connectivity index (χ0) is 20.0. The second kappa shape index (κ2) is 7.27. The van der Waals surface area contributed by atoms with Crippen molar-refractivity contribution in [1.82, 2.24) is 24.7 Å². The first-order valence-electron chi connectivity index (χ1n) is 9.84. The monoisotopic (exact) mass is 411 g/mol. The highest BCUT2D eigenvalue weighted by molar-refractivity contribution is 6.33. The summed E-state index contributed by atoms with van der Waals surface area (Å²) in [4.78, 5) is 27.9. The number of amides is 1.